The maximum absolute atomic E-state index is 13.3. The van der Waals surface area contributed by atoms with Crippen LogP contribution in [0.2, 0.25) is 0 Å². The summed E-state index contributed by atoms with van der Waals surface area (Å²) in [5.41, 5.74) is 3.54. The van der Waals surface area contributed by atoms with Gasteiger partial charge in [0.1, 0.15) is 5.39 Å². The number of benzene rings is 1. The van der Waals surface area contributed by atoms with Gasteiger partial charge in [0.2, 0.25) is 5.95 Å². The predicted octanol–water partition coefficient (Wildman–Crippen LogP) is 3.24. The lowest BCUT2D eigenvalue weighted by atomic mass is 9.86. The lowest BCUT2D eigenvalue weighted by Crippen LogP contribution is -2.67. The molecular formula is C29H35N9O2. The van der Waals surface area contributed by atoms with Crippen LogP contribution in [0.25, 0.3) is 16.9 Å². The lowest BCUT2D eigenvalue weighted by Gasteiger charge is -2.53. The van der Waals surface area contributed by atoms with Gasteiger partial charge in [-0.2, -0.15) is 4.98 Å². The molecule has 0 saturated carbocycles. The zero-order valence-corrected chi connectivity index (χ0v) is 23.5. The van der Waals surface area contributed by atoms with E-state index in [-0.39, 0.29) is 23.7 Å². The fourth-order valence-corrected chi connectivity index (χ4v) is 6.03. The summed E-state index contributed by atoms with van der Waals surface area (Å²) < 4.78 is 4.51. The molecule has 11 nitrogen and oxygen atoms in total. The maximum atomic E-state index is 13.3. The molecule has 2 aliphatic rings. The molecule has 1 spiro atoms. The Balaban J connectivity index is 1.33. The molecule has 0 bridgehead atoms. The van der Waals surface area contributed by atoms with E-state index in [4.69, 9.17) is 4.98 Å². The van der Waals surface area contributed by atoms with Crippen LogP contribution in [0.5, 0.6) is 0 Å². The van der Waals surface area contributed by atoms with Crippen LogP contribution in [0.1, 0.15) is 38.3 Å². The summed E-state index contributed by atoms with van der Waals surface area (Å²) >= 11 is 0. The Morgan fingerprint density at radius 3 is 2.65 bits per heavy atom. The first-order valence-corrected chi connectivity index (χ1v) is 13.7. The highest BCUT2D eigenvalue weighted by atomic mass is 16.1. The second-order valence-electron chi connectivity index (χ2n) is 11.2. The summed E-state index contributed by atoms with van der Waals surface area (Å²) in [4.78, 5) is 39.7. The summed E-state index contributed by atoms with van der Waals surface area (Å²) in [5, 5.41) is 8.19. The number of nitrogens with zero attached hydrogens (tertiary/aromatic N) is 8. The van der Waals surface area contributed by atoms with Gasteiger partial charge in [0.25, 0.3) is 11.1 Å². The molecule has 2 fully saturated rings. The smallest absolute Gasteiger partial charge is 0.278 e. The lowest BCUT2D eigenvalue weighted by molar-refractivity contribution is 0.133. The molecule has 5 heterocycles. The summed E-state index contributed by atoms with van der Waals surface area (Å²) in [6, 6.07) is 9.19. The Kier molecular flexibility index (Phi) is 6.33. The minimum absolute atomic E-state index is 0.146. The molecule has 3 aromatic heterocycles. The zero-order valence-electron chi connectivity index (χ0n) is 23.5. The Bertz CT molecular complexity index is 1730. The highest BCUT2D eigenvalue weighted by Gasteiger charge is 2.48. The second-order valence-corrected chi connectivity index (χ2v) is 11.2. The second kappa shape index (κ2) is 9.74. The van der Waals surface area contributed by atoms with E-state index in [0.29, 0.717) is 28.3 Å². The van der Waals surface area contributed by atoms with Crippen molar-refractivity contribution in [3.8, 4) is 5.82 Å². The van der Waals surface area contributed by atoms with Gasteiger partial charge in [0.05, 0.1) is 18.1 Å². The summed E-state index contributed by atoms with van der Waals surface area (Å²) in [5.74, 6) is 0.768. The molecule has 1 N–H and O–H groups in total. The Morgan fingerprint density at radius 2 is 1.98 bits per heavy atom. The van der Waals surface area contributed by atoms with Crippen LogP contribution in [0.4, 0.5) is 17.3 Å². The van der Waals surface area contributed by atoms with E-state index >= 15 is 0 Å². The molecular weight excluding hydrogens is 506 g/mol. The predicted molar refractivity (Wildman–Crippen MR) is 157 cm³/mol. The number of likely N-dealkylation sites (tertiary alicyclic amines) is 1. The highest BCUT2D eigenvalue weighted by molar-refractivity contribution is 5.77. The van der Waals surface area contributed by atoms with Gasteiger partial charge in [-0.05, 0) is 77.0 Å². The van der Waals surface area contributed by atoms with Gasteiger partial charge >= 0.3 is 0 Å². The number of aryl methyl sites for hydroxylation is 1. The molecule has 1 aromatic carbocycles. The van der Waals surface area contributed by atoms with Gasteiger partial charge < -0.3 is 10.2 Å². The molecule has 6 rings (SSSR count). The fourth-order valence-electron chi connectivity index (χ4n) is 6.03. The minimum atomic E-state index is -0.258. The molecule has 0 atom stereocenters. The van der Waals surface area contributed by atoms with Gasteiger partial charge in [-0.1, -0.05) is 6.08 Å². The van der Waals surface area contributed by atoms with Crippen molar-refractivity contribution in [2.24, 2.45) is 0 Å². The third kappa shape index (κ3) is 4.21. The van der Waals surface area contributed by atoms with E-state index in [1.807, 2.05) is 19.9 Å². The van der Waals surface area contributed by atoms with Crippen molar-refractivity contribution in [3.63, 3.8) is 0 Å². The number of aromatic nitrogens is 6. The van der Waals surface area contributed by atoms with Crippen molar-refractivity contribution in [1.29, 1.82) is 0 Å². The third-order valence-electron chi connectivity index (χ3n) is 8.20. The van der Waals surface area contributed by atoms with E-state index in [1.54, 1.807) is 16.8 Å². The molecule has 40 heavy (non-hydrogen) atoms. The van der Waals surface area contributed by atoms with Crippen molar-refractivity contribution >= 4 is 28.4 Å². The first kappa shape index (κ1) is 26.0. The molecule has 4 aromatic rings. The number of likely N-dealkylation sites (N-methyl/N-ethyl adjacent to an activating group) is 1. The van der Waals surface area contributed by atoms with Crippen molar-refractivity contribution in [2.75, 3.05) is 36.9 Å². The van der Waals surface area contributed by atoms with Gasteiger partial charge in [-0.15, -0.1) is 11.7 Å². The zero-order chi connectivity index (χ0) is 28.2. The van der Waals surface area contributed by atoms with Gasteiger partial charge in [-0.25, -0.2) is 19.0 Å². The fraction of sp³-hybridized carbons (Fsp3) is 0.414. The van der Waals surface area contributed by atoms with Gasteiger partial charge in [0, 0.05) is 36.7 Å². The van der Waals surface area contributed by atoms with Crippen LogP contribution < -0.4 is 21.3 Å². The van der Waals surface area contributed by atoms with Crippen molar-refractivity contribution in [1.82, 2.24) is 34.0 Å². The first-order chi connectivity index (χ1) is 19.2. The molecule has 2 aliphatic heterocycles. The van der Waals surface area contributed by atoms with E-state index < -0.39 is 0 Å². The number of rotatable bonds is 7. The number of anilines is 3. The Labute approximate surface area is 232 Å². The van der Waals surface area contributed by atoms with Crippen molar-refractivity contribution < 1.29 is 0 Å². The Morgan fingerprint density at radius 1 is 1.18 bits per heavy atom. The molecule has 11 heteroatoms. The highest BCUT2D eigenvalue weighted by Crippen LogP contribution is 2.40. The number of allylic oxidation sites excluding steroid dienone is 1. The van der Waals surface area contributed by atoms with Crippen LogP contribution in [0.3, 0.4) is 0 Å². The Hall–Kier alpha value is -4.25. The van der Waals surface area contributed by atoms with Crippen molar-refractivity contribution in [2.45, 2.75) is 51.7 Å². The van der Waals surface area contributed by atoms with Crippen LogP contribution >= 0.6 is 0 Å². The molecule has 0 unspecified atom stereocenters. The number of hydrogen-bond acceptors (Lipinski definition) is 8. The summed E-state index contributed by atoms with van der Waals surface area (Å²) in [6.45, 7) is 13.2. The maximum Gasteiger partial charge on any atom is 0.278 e. The third-order valence-corrected chi connectivity index (χ3v) is 8.20. The quantitative estimate of drug-likeness (QED) is 0.356. The SMILES string of the molecule is C=CCn1c(=O)c2cnc(Nc3ccc(N4CC5(CCCN5C)C4)c(C)c3)nc2n1-c1ccc(=O)n(C(C)C)n1. The molecule has 2 saturated heterocycles. The number of fused-ring (bicyclic) bond motifs is 1. The minimum Gasteiger partial charge on any atom is -0.367 e. The van der Waals surface area contributed by atoms with Crippen molar-refractivity contribution in [3.05, 3.63) is 75.5 Å². The van der Waals surface area contributed by atoms with E-state index in [1.165, 1.54) is 52.3 Å². The average Bonchev–Trinajstić information content (AvgIpc) is 3.41. The first-order valence-electron chi connectivity index (χ1n) is 13.7. The van der Waals surface area contributed by atoms with E-state index in [0.717, 1.165) is 18.8 Å². The molecule has 0 amide bonds. The number of hydrogen-bond donors (Lipinski definition) is 1. The number of nitrogens with one attached hydrogen (secondary N) is 1. The van der Waals surface area contributed by atoms with Crippen LogP contribution in [-0.4, -0.2) is 66.2 Å². The summed E-state index contributed by atoms with van der Waals surface area (Å²) in [7, 11) is 2.24. The average molecular weight is 542 g/mol. The van der Waals surface area contributed by atoms with Gasteiger partial charge in [-0.3, -0.25) is 14.5 Å². The molecule has 208 valence electrons. The van der Waals surface area contributed by atoms with Gasteiger partial charge in [0.15, 0.2) is 11.5 Å². The topological polar surface area (TPSA) is 106 Å². The van der Waals surface area contributed by atoms with E-state index in [2.05, 4.69) is 57.9 Å². The summed E-state index contributed by atoms with van der Waals surface area (Å²) in [6.07, 6.45) is 5.71. The standard InChI is InChI=1S/C29H35N9O2/c1-6-13-36-27(40)22-16-30-28(32-26(22)38(36)24-10-11-25(39)37(33-24)19(2)3)31-21-8-9-23(20(4)15-21)35-17-29(18-35)12-7-14-34(29)5/h6,8-11,15-16,19H,1,7,12-14,17-18H2,2-5H3,(H,30,31,32). The van der Waals surface area contributed by atoms with Crippen LogP contribution in [0, 0.1) is 6.92 Å². The largest absolute Gasteiger partial charge is 0.367 e. The molecule has 0 radical (unpaired) electrons. The van der Waals surface area contributed by atoms with Crippen LogP contribution in [0.15, 0.2) is 58.8 Å². The molecule has 0 aliphatic carbocycles. The van der Waals surface area contributed by atoms with E-state index in [9.17, 15) is 9.59 Å². The normalized spacial score (nSPS) is 16.7. The van der Waals surface area contributed by atoms with Crippen LogP contribution in [-0.2, 0) is 6.54 Å². The monoisotopic (exact) mass is 541 g/mol.